The highest BCUT2D eigenvalue weighted by Gasteiger charge is 2.21. The molecule has 4 aromatic heterocycles. The van der Waals surface area contributed by atoms with Crippen LogP contribution < -0.4 is 0 Å². The third kappa shape index (κ3) is 4.41. The van der Waals surface area contributed by atoms with E-state index in [1.165, 1.54) is 20.9 Å². The van der Waals surface area contributed by atoms with Gasteiger partial charge in [0, 0.05) is 53.9 Å². The van der Waals surface area contributed by atoms with E-state index in [1.54, 1.807) is 11.3 Å². The van der Waals surface area contributed by atoms with Crippen LogP contribution in [0.25, 0.3) is 109 Å². The molecule has 0 unspecified atom stereocenters. The molecule has 0 fully saturated rings. The normalized spacial score (nSPS) is 11.8. The minimum Gasteiger partial charge on any atom is -0.456 e. The van der Waals surface area contributed by atoms with E-state index in [-0.39, 0.29) is 0 Å². The molecule has 52 heavy (non-hydrogen) atoms. The van der Waals surface area contributed by atoms with Gasteiger partial charge in [0.05, 0.1) is 5.69 Å². The lowest BCUT2D eigenvalue weighted by Crippen LogP contribution is -2.01. The topological polar surface area (TPSA) is 64.7 Å². The van der Waals surface area contributed by atoms with Gasteiger partial charge in [0.2, 0.25) is 0 Å². The predicted molar refractivity (Wildman–Crippen MR) is 215 cm³/mol. The van der Waals surface area contributed by atoms with Crippen LogP contribution in [-0.2, 0) is 0 Å². The minimum atomic E-state index is 0.594. The van der Waals surface area contributed by atoms with E-state index in [4.69, 9.17) is 24.4 Å². The monoisotopic (exact) mass is 682 g/mol. The van der Waals surface area contributed by atoms with Gasteiger partial charge in [0.25, 0.3) is 0 Å². The van der Waals surface area contributed by atoms with Crippen LogP contribution in [0.15, 0.2) is 162 Å². The van der Waals surface area contributed by atoms with Gasteiger partial charge in [-0.15, -0.1) is 11.3 Å². The maximum Gasteiger partial charge on any atom is 0.164 e. The number of benzene rings is 7. The average Bonchev–Trinajstić information content (AvgIpc) is 3.79. The molecule has 0 aliphatic heterocycles. The Hall–Kier alpha value is -6.76. The molecular formula is C46H26N4OS. The van der Waals surface area contributed by atoms with Crippen LogP contribution in [-0.4, -0.2) is 19.9 Å². The van der Waals surface area contributed by atoms with Gasteiger partial charge in [-0.3, -0.25) is 0 Å². The standard InChI is InChI=1S/C46H26N4OS/c1-2-13-27(14-3-1)43-48-44(50-45(49-43)36-21-12-23-38-40(36)34-19-8-10-22-37(34)51-38)33-26-25-32(28-15-4-5-16-29(28)33)42-31-18-7-6-17-30(31)41-35-20-9-11-24-39(35)52-46(41)47-42/h1-26H. The number of thiophene rings is 1. The lowest BCUT2D eigenvalue weighted by molar-refractivity contribution is 0.669. The molecule has 7 aromatic carbocycles. The highest BCUT2D eigenvalue weighted by molar-refractivity contribution is 7.25. The van der Waals surface area contributed by atoms with E-state index in [1.807, 2.05) is 60.7 Å². The van der Waals surface area contributed by atoms with Crippen LogP contribution in [0.3, 0.4) is 0 Å². The molecule has 0 amide bonds. The van der Waals surface area contributed by atoms with Gasteiger partial charge in [-0.25, -0.2) is 19.9 Å². The van der Waals surface area contributed by atoms with Crippen LogP contribution >= 0.6 is 11.3 Å². The molecule has 4 heterocycles. The van der Waals surface area contributed by atoms with Crippen molar-refractivity contribution in [3.05, 3.63) is 158 Å². The van der Waals surface area contributed by atoms with Crippen LogP contribution in [0.5, 0.6) is 0 Å². The molecule has 242 valence electrons. The van der Waals surface area contributed by atoms with Crippen molar-refractivity contribution in [2.24, 2.45) is 0 Å². The molecule has 0 radical (unpaired) electrons. The smallest absolute Gasteiger partial charge is 0.164 e. The molecule has 0 bridgehead atoms. The molecule has 0 aliphatic rings. The van der Waals surface area contributed by atoms with Crippen LogP contribution in [0.1, 0.15) is 0 Å². The minimum absolute atomic E-state index is 0.594. The van der Waals surface area contributed by atoms with Gasteiger partial charge in [0.15, 0.2) is 17.5 Å². The molecule has 11 aromatic rings. The predicted octanol–water partition coefficient (Wildman–Crippen LogP) is 12.5. The summed E-state index contributed by atoms with van der Waals surface area (Å²) in [7, 11) is 0. The van der Waals surface area contributed by atoms with E-state index >= 15 is 0 Å². The summed E-state index contributed by atoms with van der Waals surface area (Å²) >= 11 is 1.75. The lowest BCUT2D eigenvalue weighted by Gasteiger charge is -2.14. The molecule has 0 atom stereocenters. The zero-order valence-corrected chi connectivity index (χ0v) is 28.4. The Balaban J connectivity index is 1.16. The second kappa shape index (κ2) is 11.4. The van der Waals surface area contributed by atoms with Crippen LogP contribution in [0.4, 0.5) is 0 Å². The lowest BCUT2D eigenvalue weighted by atomic mass is 9.94. The van der Waals surface area contributed by atoms with E-state index in [0.29, 0.717) is 17.5 Å². The third-order valence-corrected chi connectivity index (χ3v) is 11.0. The summed E-state index contributed by atoms with van der Waals surface area (Å²) in [5.41, 5.74) is 6.42. The van der Waals surface area contributed by atoms with Crippen LogP contribution in [0.2, 0.25) is 0 Å². The van der Waals surface area contributed by atoms with Gasteiger partial charge in [-0.1, -0.05) is 133 Å². The van der Waals surface area contributed by atoms with E-state index in [0.717, 1.165) is 70.9 Å². The number of hydrogen-bond acceptors (Lipinski definition) is 6. The zero-order chi connectivity index (χ0) is 34.2. The summed E-state index contributed by atoms with van der Waals surface area (Å²) in [6, 6.07) is 54.4. The Bertz CT molecular complexity index is 3200. The number of fused-ring (bicyclic) bond motifs is 9. The number of aromatic nitrogens is 4. The first-order valence-electron chi connectivity index (χ1n) is 17.2. The number of furan rings is 1. The SMILES string of the molecule is c1ccc(-c2nc(-c3ccc(-c4nc5sc6ccccc6c5c5ccccc45)c4ccccc34)nc(-c3cccc4oc5ccccc5c34)n2)cc1. The van der Waals surface area contributed by atoms with Crippen molar-refractivity contribution in [2.45, 2.75) is 0 Å². The van der Waals surface area contributed by atoms with E-state index in [9.17, 15) is 0 Å². The number of hydrogen-bond donors (Lipinski definition) is 0. The molecule has 11 rings (SSSR count). The molecule has 0 spiro atoms. The number of para-hydroxylation sites is 1. The van der Waals surface area contributed by atoms with Crippen molar-refractivity contribution < 1.29 is 4.42 Å². The summed E-state index contributed by atoms with van der Waals surface area (Å²) in [5, 5.41) is 8.96. The molecule has 0 saturated heterocycles. The Labute approximate surface area is 301 Å². The average molecular weight is 683 g/mol. The first-order chi connectivity index (χ1) is 25.8. The Morgan fingerprint density at radius 2 is 0.962 bits per heavy atom. The molecule has 0 aliphatic carbocycles. The fourth-order valence-corrected chi connectivity index (χ4v) is 8.73. The third-order valence-electron chi connectivity index (χ3n) is 9.97. The summed E-state index contributed by atoms with van der Waals surface area (Å²) in [6.45, 7) is 0. The molecule has 6 heteroatoms. The quantitative estimate of drug-likeness (QED) is 0.185. The van der Waals surface area contributed by atoms with Crippen molar-refractivity contribution in [1.29, 1.82) is 0 Å². The van der Waals surface area contributed by atoms with E-state index in [2.05, 4.69) is 97.1 Å². The Kier molecular flexibility index (Phi) is 6.35. The number of nitrogens with zero attached hydrogens (tertiary/aromatic N) is 4. The van der Waals surface area contributed by atoms with Crippen molar-refractivity contribution in [1.82, 2.24) is 19.9 Å². The maximum atomic E-state index is 6.26. The highest BCUT2D eigenvalue weighted by Crippen LogP contribution is 2.43. The van der Waals surface area contributed by atoms with Gasteiger partial charge >= 0.3 is 0 Å². The fourth-order valence-electron chi connectivity index (χ4n) is 7.64. The summed E-state index contributed by atoms with van der Waals surface area (Å²) in [4.78, 5) is 21.9. The first-order valence-corrected chi connectivity index (χ1v) is 18.0. The highest BCUT2D eigenvalue weighted by atomic mass is 32.1. The first kappa shape index (κ1) is 29.0. The summed E-state index contributed by atoms with van der Waals surface area (Å²) in [5.74, 6) is 1.81. The second-order valence-corrected chi connectivity index (χ2v) is 14.0. The van der Waals surface area contributed by atoms with Gasteiger partial charge in [-0.2, -0.15) is 0 Å². The maximum absolute atomic E-state index is 6.26. The Morgan fingerprint density at radius 3 is 1.79 bits per heavy atom. The number of pyridine rings is 1. The zero-order valence-electron chi connectivity index (χ0n) is 27.6. The molecular weight excluding hydrogens is 657 g/mol. The fraction of sp³-hybridized carbons (Fsp3) is 0. The van der Waals surface area contributed by atoms with Gasteiger partial charge in [0.1, 0.15) is 16.0 Å². The van der Waals surface area contributed by atoms with Crippen molar-refractivity contribution in [2.75, 3.05) is 0 Å². The van der Waals surface area contributed by atoms with Crippen molar-refractivity contribution in [3.63, 3.8) is 0 Å². The second-order valence-electron chi connectivity index (χ2n) is 12.9. The van der Waals surface area contributed by atoms with Crippen molar-refractivity contribution in [3.8, 4) is 45.4 Å². The molecule has 0 N–H and O–H groups in total. The van der Waals surface area contributed by atoms with Crippen LogP contribution in [0, 0.1) is 0 Å². The molecule has 0 saturated carbocycles. The van der Waals surface area contributed by atoms with Gasteiger partial charge < -0.3 is 4.42 Å². The largest absolute Gasteiger partial charge is 0.456 e. The van der Waals surface area contributed by atoms with E-state index < -0.39 is 0 Å². The van der Waals surface area contributed by atoms with Gasteiger partial charge in [-0.05, 0) is 40.4 Å². The van der Waals surface area contributed by atoms with Crippen molar-refractivity contribution >= 4 is 75.1 Å². The number of rotatable bonds is 4. The molecule has 5 nitrogen and oxygen atoms in total. The summed E-state index contributed by atoms with van der Waals surface area (Å²) in [6.07, 6.45) is 0. The Morgan fingerprint density at radius 1 is 0.365 bits per heavy atom. The summed E-state index contributed by atoms with van der Waals surface area (Å²) < 4.78 is 7.50.